The van der Waals surface area contributed by atoms with Gasteiger partial charge in [-0.25, -0.2) is 13.1 Å². The summed E-state index contributed by atoms with van der Waals surface area (Å²) in [5, 5.41) is 2.78. The van der Waals surface area contributed by atoms with E-state index in [0.29, 0.717) is 17.9 Å². The molecule has 1 saturated carbocycles. The van der Waals surface area contributed by atoms with E-state index >= 15 is 0 Å². The van der Waals surface area contributed by atoms with E-state index in [2.05, 4.69) is 10.0 Å². The number of ether oxygens (including phenoxy) is 1. The molecule has 0 atom stereocenters. The van der Waals surface area contributed by atoms with Crippen LogP contribution in [0.15, 0.2) is 58.3 Å². The van der Waals surface area contributed by atoms with Crippen LogP contribution in [-0.2, 0) is 14.8 Å². The monoisotopic (exact) mass is 420 g/mol. The van der Waals surface area contributed by atoms with Crippen LogP contribution in [0.2, 0.25) is 0 Å². The first-order chi connectivity index (χ1) is 13.5. The predicted molar refractivity (Wildman–Crippen MR) is 111 cm³/mol. The third-order valence-electron chi connectivity index (χ3n) is 4.21. The summed E-state index contributed by atoms with van der Waals surface area (Å²) in [5.41, 5.74) is 0.363. The number of carbonyl (C=O) groups excluding carboxylic acids is 1. The minimum absolute atomic E-state index is 0.0206. The molecule has 0 unspecified atom stereocenters. The lowest BCUT2D eigenvalue weighted by Crippen LogP contribution is -2.25. The highest BCUT2D eigenvalue weighted by atomic mass is 32.2. The molecule has 2 N–H and O–H groups in total. The summed E-state index contributed by atoms with van der Waals surface area (Å²) in [6, 6.07) is 14.5. The van der Waals surface area contributed by atoms with Gasteiger partial charge in [0.1, 0.15) is 5.75 Å². The van der Waals surface area contributed by atoms with E-state index in [9.17, 15) is 13.2 Å². The topological polar surface area (TPSA) is 84.5 Å². The number of amides is 1. The van der Waals surface area contributed by atoms with E-state index in [1.165, 1.54) is 24.1 Å². The molecule has 1 amide bonds. The fourth-order valence-corrected chi connectivity index (χ4v) is 4.80. The second-order valence-corrected chi connectivity index (χ2v) is 9.45. The highest BCUT2D eigenvalue weighted by Gasteiger charge is 2.28. The summed E-state index contributed by atoms with van der Waals surface area (Å²) in [4.78, 5) is 13.6. The molecule has 1 aliphatic rings. The number of rotatable bonds is 10. The van der Waals surface area contributed by atoms with Crippen LogP contribution in [0.5, 0.6) is 5.75 Å². The second kappa shape index (κ2) is 9.45. The average molecular weight is 421 g/mol. The fraction of sp³-hybridized carbons (Fsp3) is 0.350. The van der Waals surface area contributed by atoms with E-state index in [1.807, 2.05) is 30.3 Å². The zero-order chi connectivity index (χ0) is 20.0. The van der Waals surface area contributed by atoms with Gasteiger partial charge in [-0.05, 0) is 55.3 Å². The van der Waals surface area contributed by atoms with Gasteiger partial charge in [0.15, 0.2) is 0 Å². The van der Waals surface area contributed by atoms with Crippen molar-refractivity contribution in [2.75, 3.05) is 18.2 Å². The van der Waals surface area contributed by atoms with Gasteiger partial charge in [0.05, 0.1) is 17.7 Å². The molecule has 8 heteroatoms. The lowest BCUT2D eigenvalue weighted by molar-refractivity contribution is -0.116. The van der Waals surface area contributed by atoms with Gasteiger partial charge in [0.25, 0.3) is 0 Å². The Hall–Kier alpha value is -2.03. The van der Waals surface area contributed by atoms with E-state index in [0.717, 1.165) is 25.0 Å². The molecule has 0 bridgehead atoms. The van der Waals surface area contributed by atoms with Crippen molar-refractivity contribution in [2.24, 2.45) is 0 Å². The minimum atomic E-state index is -3.59. The number of methoxy groups -OCH3 is 1. The van der Waals surface area contributed by atoms with Crippen LogP contribution in [0.4, 0.5) is 5.69 Å². The number of nitrogens with one attached hydrogen (secondary N) is 2. The predicted octanol–water partition coefficient (Wildman–Crippen LogP) is 3.65. The largest absolute Gasteiger partial charge is 0.495 e. The Bertz CT molecular complexity index is 913. The van der Waals surface area contributed by atoms with Crippen molar-refractivity contribution in [3.63, 3.8) is 0 Å². The highest BCUT2D eigenvalue weighted by Crippen LogP contribution is 2.29. The molecular weight excluding hydrogens is 396 g/mol. The Morgan fingerprint density at radius 3 is 2.61 bits per heavy atom. The summed E-state index contributed by atoms with van der Waals surface area (Å²) in [5.74, 6) is 1.09. The molecule has 1 aliphatic carbocycles. The summed E-state index contributed by atoms with van der Waals surface area (Å²) in [6.45, 7) is 0. The third kappa shape index (κ3) is 5.98. The smallest absolute Gasteiger partial charge is 0.240 e. The lowest BCUT2D eigenvalue weighted by atomic mass is 10.2. The van der Waals surface area contributed by atoms with Gasteiger partial charge < -0.3 is 10.1 Å². The molecule has 0 heterocycles. The number of hydrogen-bond acceptors (Lipinski definition) is 5. The number of sulfonamides is 1. The second-order valence-electron chi connectivity index (χ2n) is 6.57. The molecule has 1 fully saturated rings. The average Bonchev–Trinajstić information content (AvgIpc) is 3.49. The molecule has 0 aliphatic heterocycles. The Labute approximate surface area is 170 Å². The first-order valence-electron chi connectivity index (χ1n) is 9.16. The molecule has 28 heavy (non-hydrogen) atoms. The van der Waals surface area contributed by atoms with Crippen molar-refractivity contribution in [3.05, 3.63) is 48.5 Å². The zero-order valence-electron chi connectivity index (χ0n) is 15.7. The van der Waals surface area contributed by atoms with Gasteiger partial charge >= 0.3 is 0 Å². The number of thioether (sulfide) groups is 1. The van der Waals surface area contributed by atoms with Gasteiger partial charge in [-0.2, -0.15) is 0 Å². The minimum Gasteiger partial charge on any atom is -0.495 e. The maximum absolute atomic E-state index is 12.4. The van der Waals surface area contributed by atoms with Crippen LogP contribution in [0.3, 0.4) is 0 Å². The molecule has 2 aromatic rings. The molecular formula is C20H24N2O4S2. The maximum atomic E-state index is 12.4. The van der Waals surface area contributed by atoms with Crippen LogP contribution >= 0.6 is 11.8 Å². The SMILES string of the molecule is COc1ccc(S(=O)(=O)NC2CC2)cc1NC(=O)CCCSc1ccccc1. The molecule has 0 saturated heterocycles. The Kier molecular flexibility index (Phi) is 6.98. The van der Waals surface area contributed by atoms with Crippen LogP contribution in [0, 0.1) is 0 Å². The first-order valence-corrected chi connectivity index (χ1v) is 11.6. The maximum Gasteiger partial charge on any atom is 0.240 e. The number of carbonyl (C=O) groups is 1. The zero-order valence-corrected chi connectivity index (χ0v) is 17.3. The normalized spacial score (nSPS) is 13.9. The molecule has 0 aromatic heterocycles. The molecule has 6 nitrogen and oxygen atoms in total. The fourth-order valence-electron chi connectivity index (χ4n) is 2.59. The van der Waals surface area contributed by atoms with Crippen molar-refractivity contribution in [2.45, 2.75) is 41.5 Å². The summed E-state index contributed by atoms with van der Waals surface area (Å²) in [6.07, 6.45) is 2.79. The third-order valence-corrected chi connectivity index (χ3v) is 6.83. The van der Waals surface area contributed by atoms with Crippen molar-refractivity contribution in [1.82, 2.24) is 4.72 Å². The number of hydrogen-bond donors (Lipinski definition) is 2. The van der Waals surface area contributed by atoms with Crippen molar-refractivity contribution in [3.8, 4) is 5.75 Å². The van der Waals surface area contributed by atoms with Crippen LogP contribution in [-0.4, -0.2) is 33.2 Å². The Morgan fingerprint density at radius 1 is 1.18 bits per heavy atom. The Morgan fingerprint density at radius 2 is 1.93 bits per heavy atom. The van der Waals surface area contributed by atoms with Gasteiger partial charge in [-0.3, -0.25) is 4.79 Å². The molecule has 0 spiro atoms. The Balaban J connectivity index is 1.57. The highest BCUT2D eigenvalue weighted by molar-refractivity contribution is 7.99. The van der Waals surface area contributed by atoms with Crippen molar-refractivity contribution >= 4 is 33.4 Å². The summed E-state index contributed by atoms with van der Waals surface area (Å²) in [7, 11) is -2.11. The summed E-state index contributed by atoms with van der Waals surface area (Å²) < 4.78 is 32.7. The molecule has 0 radical (unpaired) electrons. The van der Waals surface area contributed by atoms with Gasteiger partial charge in [0, 0.05) is 17.4 Å². The number of anilines is 1. The van der Waals surface area contributed by atoms with Gasteiger partial charge in [0.2, 0.25) is 15.9 Å². The quantitative estimate of drug-likeness (QED) is 0.453. The van der Waals surface area contributed by atoms with Crippen molar-refractivity contribution < 1.29 is 17.9 Å². The van der Waals surface area contributed by atoms with Crippen LogP contribution in [0.1, 0.15) is 25.7 Å². The van der Waals surface area contributed by atoms with E-state index in [1.54, 1.807) is 17.8 Å². The standard InChI is InChI=1S/C20H24N2O4S2/c1-26-19-12-11-17(28(24,25)22-15-9-10-15)14-18(19)21-20(23)8-5-13-27-16-6-3-2-4-7-16/h2-4,6-7,11-12,14-15,22H,5,8-10,13H2,1H3,(H,21,23). The lowest BCUT2D eigenvalue weighted by Gasteiger charge is -2.13. The first kappa shape index (κ1) is 20.7. The molecule has 150 valence electrons. The number of benzene rings is 2. The summed E-state index contributed by atoms with van der Waals surface area (Å²) >= 11 is 1.70. The molecule has 3 rings (SSSR count). The van der Waals surface area contributed by atoms with Crippen LogP contribution < -0.4 is 14.8 Å². The van der Waals surface area contributed by atoms with Crippen molar-refractivity contribution in [1.29, 1.82) is 0 Å². The van der Waals surface area contributed by atoms with Crippen LogP contribution in [0.25, 0.3) is 0 Å². The van der Waals surface area contributed by atoms with E-state index in [-0.39, 0.29) is 16.8 Å². The van der Waals surface area contributed by atoms with E-state index < -0.39 is 10.0 Å². The van der Waals surface area contributed by atoms with Gasteiger partial charge in [-0.15, -0.1) is 11.8 Å². The molecule has 2 aromatic carbocycles. The van der Waals surface area contributed by atoms with E-state index in [4.69, 9.17) is 4.74 Å². The van der Waals surface area contributed by atoms with Gasteiger partial charge in [-0.1, -0.05) is 18.2 Å².